The fourth-order valence-electron chi connectivity index (χ4n) is 3.76. The lowest BCUT2D eigenvalue weighted by molar-refractivity contribution is 0.0698. The van der Waals surface area contributed by atoms with Crippen molar-refractivity contribution in [2.24, 2.45) is 5.92 Å². The summed E-state index contributed by atoms with van der Waals surface area (Å²) in [7, 11) is 0. The standard InChI is InChI=1S/C22H22N4O3/c27-22(28)19-5-6-23-10-20(19)24-8-17-13-29-21-7-15(3-4-18(17)21)16-9-25-26(12-16)11-14-1-2-14/h3-7,9-10,12,14,17,24H,1-2,8,11,13H2,(H,27,28). The fourth-order valence-corrected chi connectivity index (χ4v) is 3.76. The average Bonchev–Trinajstić information content (AvgIpc) is 3.26. The molecule has 2 aliphatic rings. The van der Waals surface area contributed by atoms with Crippen LogP contribution >= 0.6 is 0 Å². The minimum Gasteiger partial charge on any atom is -0.493 e. The molecule has 2 aromatic heterocycles. The number of pyridine rings is 1. The van der Waals surface area contributed by atoms with Crippen molar-refractivity contribution in [2.75, 3.05) is 18.5 Å². The summed E-state index contributed by atoms with van der Waals surface area (Å²) in [6.45, 7) is 2.15. The molecule has 148 valence electrons. The van der Waals surface area contributed by atoms with Gasteiger partial charge in [-0.15, -0.1) is 0 Å². The molecule has 1 saturated carbocycles. The number of benzene rings is 1. The van der Waals surface area contributed by atoms with Gasteiger partial charge in [0.15, 0.2) is 0 Å². The summed E-state index contributed by atoms with van der Waals surface area (Å²) in [5.41, 5.74) is 4.07. The summed E-state index contributed by atoms with van der Waals surface area (Å²) in [6, 6.07) is 7.77. The minimum atomic E-state index is -0.968. The Hall–Kier alpha value is -3.35. The van der Waals surface area contributed by atoms with E-state index in [1.54, 1.807) is 6.20 Å². The van der Waals surface area contributed by atoms with E-state index in [1.807, 2.05) is 10.9 Å². The van der Waals surface area contributed by atoms with Crippen LogP contribution in [-0.4, -0.2) is 39.0 Å². The van der Waals surface area contributed by atoms with Gasteiger partial charge in [-0.1, -0.05) is 12.1 Å². The number of aromatic nitrogens is 3. The van der Waals surface area contributed by atoms with Gasteiger partial charge in [-0.05, 0) is 36.5 Å². The van der Waals surface area contributed by atoms with E-state index in [0.29, 0.717) is 18.8 Å². The van der Waals surface area contributed by atoms with Crippen LogP contribution in [0.15, 0.2) is 49.1 Å². The first kappa shape index (κ1) is 17.7. The van der Waals surface area contributed by atoms with Crippen LogP contribution in [0.3, 0.4) is 0 Å². The van der Waals surface area contributed by atoms with Gasteiger partial charge in [-0.25, -0.2) is 4.79 Å². The summed E-state index contributed by atoms with van der Waals surface area (Å²) >= 11 is 0. The van der Waals surface area contributed by atoms with Gasteiger partial charge < -0.3 is 15.2 Å². The first-order valence-electron chi connectivity index (χ1n) is 9.88. The van der Waals surface area contributed by atoms with Crippen LogP contribution in [0.4, 0.5) is 5.69 Å². The van der Waals surface area contributed by atoms with Gasteiger partial charge in [0.2, 0.25) is 0 Å². The monoisotopic (exact) mass is 390 g/mol. The lowest BCUT2D eigenvalue weighted by atomic mass is 9.98. The Kier molecular flexibility index (Phi) is 4.42. The first-order valence-corrected chi connectivity index (χ1v) is 9.88. The third kappa shape index (κ3) is 3.68. The van der Waals surface area contributed by atoms with E-state index in [9.17, 15) is 9.90 Å². The summed E-state index contributed by atoms with van der Waals surface area (Å²) in [4.78, 5) is 15.4. The number of hydrogen-bond acceptors (Lipinski definition) is 5. The van der Waals surface area contributed by atoms with Crippen LogP contribution in [0, 0.1) is 5.92 Å². The van der Waals surface area contributed by atoms with Gasteiger partial charge in [-0.2, -0.15) is 5.10 Å². The van der Waals surface area contributed by atoms with Crippen molar-refractivity contribution in [1.82, 2.24) is 14.8 Å². The molecule has 7 nitrogen and oxygen atoms in total. The second-order valence-electron chi connectivity index (χ2n) is 7.76. The second kappa shape index (κ2) is 7.24. The van der Waals surface area contributed by atoms with E-state index in [0.717, 1.165) is 34.9 Å². The van der Waals surface area contributed by atoms with Crippen LogP contribution in [0.5, 0.6) is 5.75 Å². The van der Waals surface area contributed by atoms with Gasteiger partial charge in [-0.3, -0.25) is 9.67 Å². The number of carboxylic acid groups (broad SMARTS) is 1. The maximum absolute atomic E-state index is 11.4. The molecule has 0 radical (unpaired) electrons. The highest BCUT2D eigenvalue weighted by atomic mass is 16.5. The molecule has 2 N–H and O–H groups in total. The molecule has 3 aromatic rings. The zero-order valence-electron chi connectivity index (χ0n) is 15.9. The number of carboxylic acids is 1. The Balaban J connectivity index is 1.29. The number of aromatic carboxylic acids is 1. The Morgan fingerprint density at radius 1 is 1.24 bits per heavy atom. The molecule has 1 unspecified atom stereocenters. The van der Waals surface area contributed by atoms with Crippen molar-refractivity contribution >= 4 is 11.7 Å². The maximum Gasteiger partial charge on any atom is 0.337 e. The Morgan fingerprint density at radius 2 is 2.14 bits per heavy atom. The van der Waals surface area contributed by atoms with Crippen molar-refractivity contribution in [3.8, 4) is 16.9 Å². The third-order valence-corrected chi connectivity index (χ3v) is 5.59. The molecule has 1 atom stereocenters. The number of ether oxygens (including phenoxy) is 1. The van der Waals surface area contributed by atoms with Crippen molar-refractivity contribution in [3.63, 3.8) is 0 Å². The van der Waals surface area contributed by atoms with Crippen molar-refractivity contribution in [3.05, 3.63) is 60.2 Å². The topological polar surface area (TPSA) is 89.3 Å². The van der Waals surface area contributed by atoms with Crippen LogP contribution < -0.4 is 10.1 Å². The van der Waals surface area contributed by atoms with Crippen molar-refractivity contribution in [2.45, 2.75) is 25.3 Å². The zero-order chi connectivity index (χ0) is 19.8. The lowest BCUT2D eigenvalue weighted by Crippen LogP contribution is -2.16. The maximum atomic E-state index is 11.4. The normalized spacial score (nSPS) is 17.6. The molecule has 1 aliphatic heterocycles. The van der Waals surface area contributed by atoms with Crippen molar-refractivity contribution in [1.29, 1.82) is 0 Å². The van der Waals surface area contributed by atoms with Crippen LogP contribution in [0.1, 0.15) is 34.7 Å². The van der Waals surface area contributed by atoms with Crippen LogP contribution in [0.2, 0.25) is 0 Å². The van der Waals surface area contributed by atoms with Crippen LogP contribution in [-0.2, 0) is 6.54 Å². The summed E-state index contributed by atoms with van der Waals surface area (Å²) in [5.74, 6) is 0.859. The molecule has 1 aliphatic carbocycles. The molecule has 7 heteroatoms. The number of nitrogens with zero attached hydrogens (tertiary/aromatic N) is 3. The Morgan fingerprint density at radius 3 is 2.97 bits per heavy atom. The minimum absolute atomic E-state index is 0.151. The fraction of sp³-hybridized carbons (Fsp3) is 0.318. The predicted molar refractivity (Wildman–Crippen MR) is 108 cm³/mol. The molecule has 1 aromatic carbocycles. The largest absolute Gasteiger partial charge is 0.493 e. The molecule has 5 rings (SSSR count). The number of hydrogen-bond donors (Lipinski definition) is 2. The smallest absolute Gasteiger partial charge is 0.337 e. The first-order chi connectivity index (χ1) is 14.2. The number of carbonyl (C=O) groups is 1. The van der Waals surface area contributed by atoms with E-state index >= 15 is 0 Å². The number of anilines is 1. The highest BCUT2D eigenvalue weighted by Crippen LogP contribution is 2.37. The van der Waals surface area contributed by atoms with Gasteiger partial charge in [0, 0.05) is 42.5 Å². The zero-order valence-corrected chi connectivity index (χ0v) is 15.9. The molecular formula is C22H22N4O3. The van der Waals surface area contributed by atoms with E-state index in [1.165, 1.54) is 25.1 Å². The van der Waals surface area contributed by atoms with Gasteiger partial charge >= 0.3 is 5.97 Å². The molecule has 3 heterocycles. The summed E-state index contributed by atoms with van der Waals surface area (Å²) in [6.07, 6.45) is 9.66. The van der Waals surface area contributed by atoms with E-state index < -0.39 is 5.97 Å². The van der Waals surface area contributed by atoms with E-state index in [2.05, 4.69) is 39.8 Å². The average molecular weight is 390 g/mol. The predicted octanol–water partition coefficient (Wildman–Crippen LogP) is 3.64. The molecule has 29 heavy (non-hydrogen) atoms. The third-order valence-electron chi connectivity index (χ3n) is 5.59. The lowest BCUT2D eigenvalue weighted by Gasteiger charge is -2.13. The quantitative estimate of drug-likeness (QED) is 0.640. The summed E-state index contributed by atoms with van der Waals surface area (Å²) < 4.78 is 7.95. The Labute approximate surface area is 168 Å². The summed E-state index contributed by atoms with van der Waals surface area (Å²) in [5, 5.41) is 17.0. The highest BCUT2D eigenvalue weighted by molar-refractivity contribution is 5.93. The molecular weight excluding hydrogens is 368 g/mol. The van der Waals surface area contributed by atoms with Crippen molar-refractivity contribution < 1.29 is 14.6 Å². The molecule has 0 amide bonds. The molecule has 0 spiro atoms. The van der Waals surface area contributed by atoms with Gasteiger partial charge in [0.05, 0.1) is 30.3 Å². The number of rotatable bonds is 7. The SMILES string of the molecule is O=C(O)c1ccncc1NCC1COc2cc(-c3cnn(CC4CC4)c3)ccc21. The van der Waals surface area contributed by atoms with Crippen LogP contribution in [0.25, 0.3) is 11.1 Å². The highest BCUT2D eigenvalue weighted by Gasteiger charge is 2.25. The van der Waals surface area contributed by atoms with E-state index in [-0.39, 0.29) is 11.5 Å². The second-order valence-corrected chi connectivity index (χ2v) is 7.76. The number of nitrogens with one attached hydrogen (secondary N) is 1. The molecule has 1 fully saturated rings. The van der Waals surface area contributed by atoms with Gasteiger partial charge in [0.1, 0.15) is 5.75 Å². The van der Waals surface area contributed by atoms with E-state index in [4.69, 9.17) is 4.74 Å². The Bertz CT molecular complexity index is 1060. The molecule has 0 bridgehead atoms. The van der Waals surface area contributed by atoms with Gasteiger partial charge in [0.25, 0.3) is 0 Å². The number of fused-ring (bicyclic) bond motifs is 1. The molecule has 0 saturated heterocycles.